The van der Waals surface area contributed by atoms with E-state index in [0.717, 1.165) is 16.8 Å². The lowest BCUT2D eigenvalue weighted by Gasteiger charge is -2.26. The first-order valence-corrected chi connectivity index (χ1v) is 11.1. The van der Waals surface area contributed by atoms with Crippen LogP contribution in [0.1, 0.15) is 28.7 Å². The fourth-order valence-corrected chi connectivity index (χ4v) is 5.57. The van der Waals surface area contributed by atoms with Gasteiger partial charge in [-0.1, -0.05) is 24.3 Å². The smallest absolute Gasteiger partial charge is 0.240 e. The predicted molar refractivity (Wildman–Crippen MR) is 105 cm³/mol. The predicted octanol–water partition coefficient (Wildman–Crippen LogP) is 1.94. The second-order valence-electron chi connectivity index (χ2n) is 7.64. The average Bonchev–Trinajstić information content (AvgIpc) is 3.14. The van der Waals surface area contributed by atoms with Gasteiger partial charge in [0.1, 0.15) is 0 Å². The van der Waals surface area contributed by atoms with Gasteiger partial charge in [-0.2, -0.15) is 0 Å². The van der Waals surface area contributed by atoms with Gasteiger partial charge in [0.25, 0.3) is 0 Å². The van der Waals surface area contributed by atoms with Crippen LogP contribution in [-0.2, 0) is 45.4 Å². The van der Waals surface area contributed by atoms with E-state index in [1.165, 1.54) is 11.1 Å². The number of nitrogens with zero attached hydrogens (tertiary/aromatic N) is 1. The Labute approximate surface area is 164 Å². The first-order valence-electron chi connectivity index (χ1n) is 9.65. The van der Waals surface area contributed by atoms with Crippen LogP contribution in [0.4, 0.5) is 5.69 Å². The van der Waals surface area contributed by atoms with Gasteiger partial charge < -0.3 is 9.64 Å². The SMILES string of the molecule is O=C1CCc2cc(S(=O)(=O)NCC3Cc4ccccc4CO3)cc3c2N1CC3. The van der Waals surface area contributed by atoms with Crippen molar-refractivity contribution in [2.45, 2.75) is 43.3 Å². The van der Waals surface area contributed by atoms with Crippen molar-refractivity contribution in [3.05, 3.63) is 58.7 Å². The number of anilines is 1. The molecular formula is C21H22N2O4S. The number of benzene rings is 2. The van der Waals surface area contributed by atoms with E-state index in [0.29, 0.717) is 38.8 Å². The number of fused-ring (bicyclic) bond motifs is 1. The molecule has 1 N–H and O–H groups in total. The summed E-state index contributed by atoms with van der Waals surface area (Å²) in [5.41, 5.74) is 5.22. The second-order valence-corrected chi connectivity index (χ2v) is 9.41. The van der Waals surface area contributed by atoms with Crippen LogP contribution < -0.4 is 9.62 Å². The zero-order valence-corrected chi connectivity index (χ0v) is 16.3. The molecule has 0 fully saturated rings. The standard InChI is InChI=1S/C21H22N2O4S/c24-20-6-5-15-10-19(11-16-7-8-23(20)21(15)16)28(25,26)22-12-18-9-14-3-1-2-4-17(14)13-27-18/h1-4,10-11,18,22H,5-9,12-13H2. The molecular weight excluding hydrogens is 376 g/mol. The molecule has 6 nitrogen and oxygen atoms in total. The number of rotatable bonds is 4. The number of sulfonamides is 1. The van der Waals surface area contributed by atoms with Crippen molar-refractivity contribution in [2.24, 2.45) is 0 Å². The Morgan fingerprint density at radius 2 is 1.79 bits per heavy atom. The van der Waals surface area contributed by atoms with Crippen LogP contribution in [0.25, 0.3) is 0 Å². The van der Waals surface area contributed by atoms with Gasteiger partial charge in [-0.15, -0.1) is 0 Å². The Morgan fingerprint density at radius 3 is 2.61 bits per heavy atom. The van der Waals surface area contributed by atoms with Crippen molar-refractivity contribution < 1.29 is 17.9 Å². The molecule has 0 spiro atoms. The molecule has 146 valence electrons. The van der Waals surface area contributed by atoms with Gasteiger partial charge >= 0.3 is 0 Å². The maximum absolute atomic E-state index is 12.9. The average molecular weight is 398 g/mol. The maximum Gasteiger partial charge on any atom is 0.240 e. The number of carbonyl (C=O) groups excluding carboxylic acids is 1. The third-order valence-corrected chi connectivity index (χ3v) is 7.28. The molecule has 0 aliphatic carbocycles. The molecule has 5 rings (SSSR count). The fraction of sp³-hybridized carbons (Fsp3) is 0.381. The number of hydrogen-bond acceptors (Lipinski definition) is 4. The highest BCUT2D eigenvalue weighted by Crippen LogP contribution is 2.38. The fourth-order valence-electron chi connectivity index (χ4n) is 4.41. The molecule has 3 aliphatic heterocycles. The molecule has 3 aliphatic rings. The summed E-state index contributed by atoms with van der Waals surface area (Å²) >= 11 is 0. The van der Waals surface area contributed by atoms with Crippen LogP contribution in [0.5, 0.6) is 0 Å². The summed E-state index contributed by atoms with van der Waals surface area (Å²) in [5.74, 6) is 0.134. The van der Waals surface area contributed by atoms with Crippen LogP contribution in [-0.4, -0.2) is 33.5 Å². The third kappa shape index (κ3) is 3.03. The molecule has 1 amide bonds. The molecule has 0 saturated carbocycles. The lowest BCUT2D eigenvalue weighted by molar-refractivity contribution is -0.118. The molecule has 2 aromatic carbocycles. The van der Waals surface area contributed by atoms with E-state index in [1.54, 1.807) is 17.0 Å². The van der Waals surface area contributed by atoms with Crippen molar-refractivity contribution >= 4 is 21.6 Å². The lowest BCUT2D eigenvalue weighted by Crippen LogP contribution is -2.37. The normalized spacial score (nSPS) is 20.8. The van der Waals surface area contributed by atoms with Gasteiger partial charge in [-0.05, 0) is 47.2 Å². The van der Waals surface area contributed by atoms with E-state index in [4.69, 9.17) is 4.74 Å². The summed E-state index contributed by atoms with van der Waals surface area (Å²) in [5, 5.41) is 0. The highest BCUT2D eigenvalue weighted by atomic mass is 32.2. The Balaban J connectivity index is 1.34. The topological polar surface area (TPSA) is 75.7 Å². The lowest BCUT2D eigenvalue weighted by atomic mass is 9.99. The third-order valence-electron chi connectivity index (χ3n) is 5.88. The van der Waals surface area contributed by atoms with Crippen molar-refractivity contribution in [3.8, 4) is 0 Å². The molecule has 0 bridgehead atoms. The summed E-state index contributed by atoms with van der Waals surface area (Å²) < 4.78 is 34.4. The number of hydrogen-bond donors (Lipinski definition) is 1. The van der Waals surface area contributed by atoms with E-state index < -0.39 is 10.0 Å². The van der Waals surface area contributed by atoms with Gasteiger partial charge in [0.05, 0.1) is 23.3 Å². The van der Waals surface area contributed by atoms with Crippen LogP contribution >= 0.6 is 0 Å². The van der Waals surface area contributed by atoms with E-state index in [-0.39, 0.29) is 23.5 Å². The number of amides is 1. The largest absolute Gasteiger partial charge is 0.372 e. The molecule has 0 saturated heterocycles. The molecule has 1 unspecified atom stereocenters. The number of ether oxygens (including phenoxy) is 1. The Hall–Kier alpha value is -2.22. The summed E-state index contributed by atoms with van der Waals surface area (Å²) in [4.78, 5) is 14.1. The number of aryl methyl sites for hydroxylation is 1. The Kier molecular flexibility index (Phi) is 4.26. The molecule has 3 heterocycles. The highest BCUT2D eigenvalue weighted by Gasteiger charge is 2.33. The van der Waals surface area contributed by atoms with Crippen LogP contribution in [0.3, 0.4) is 0 Å². The van der Waals surface area contributed by atoms with E-state index in [2.05, 4.69) is 10.8 Å². The molecule has 2 aromatic rings. The highest BCUT2D eigenvalue weighted by molar-refractivity contribution is 7.89. The Bertz CT molecular complexity index is 1060. The molecule has 7 heteroatoms. The van der Waals surface area contributed by atoms with Gasteiger partial charge in [-0.25, -0.2) is 13.1 Å². The Morgan fingerprint density at radius 1 is 1.04 bits per heavy atom. The summed E-state index contributed by atoms with van der Waals surface area (Å²) in [6.07, 6.45) is 2.28. The minimum atomic E-state index is -3.63. The number of carbonyl (C=O) groups is 1. The van der Waals surface area contributed by atoms with Gasteiger partial charge in [0.2, 0.25) is 15.9 Å². The van der Waals surface area contributed by atoms with Crippen molar-refractivity contribution in [1.29, 1.82) is 0 Å². The van der Waals surface area contributed by atoms with Crippen molar-refractivity contribution in [2.75, 3.05) is 18.0 Å². The van der Waals surface area contributed by atoms with Crippen LogP contribution in [0.15, 0.2) is 41.3 Å². The summed E-state index contributed by atoms with van der Waals surface area (Å²) in [7, 11) is -3.63. The second kappa shape index (κ2) is 6.69. The minimum absolute atomic E-state index is 0.134. The van der Waals surface area contributed by atoms with Crippen molar-refractivity contribution in [3.63, 3.8) is 0 Å². The van der Waals surface area contributed by atoms with Crippen molar-refractivity contribution in [1.82, 2.24) is 4.72 Å². The van der Waals surface area contributed by atoms with E-state index in [1.807, 2.05) is 18.2 Å². The molecule has 0 aromatic heterocycles. The minimum Gasteiger partial charge on any atom is -0.372 e. The summed E-state index contributed by atoms with van der Waals surface area (Å²) in [6, 6.07) is 11.5. The molecule has 28 heavy (non-hydrogen) atoms. The van der Waals surface area contributed by atoms with Crippen LogP contribution in [0.2, 0.25) is 0 Å². The van der Waals surface area contributed by atoms with Gasteiger partial charge in [0.15, 0.2) is 0 Å². The molecule has 0 radical (unpaired) electrons. The quantitative estimate of drug-likeness (QED) is 0.854. The van der Waals surface area contributed by atoms with Gasteiger partial charge in [-0.3, -0.25) is 4.79 Å². The summed E-state index contributed by atoms with van der Waals surface area (Å²) in [6.45, 7) is 1.40. The monoisotopic (exact) mass is 398 g/mol. The van der Waals surface area contributed by atoms with Crippen LogP contribution in [0, 0.1) is 0 Å². The first-order chi connectivity index (χ1) is 13.5. The zero-order valence-electron chi connectivity index (χ0n) is 15.5. The number of nitrogens with one attached hydrogen (secondary N) is 1. The van der Waals surface area contributed by atoms with Gasteiger partial charge in [0, 0.05) is 25.9 Å². The first kappa shape index (κ1) is 17.8. The maximum atomic E-state index is 12.9. The zero-order chi connectivity index (χ0) is 19.3. The molecule has 1 atom stereocenters. The van der Waals surface area contributed by atoms with E-state index in [9.17, 15) is 13.2 Å². The van der Waals surface area contributed by atoms with E-state index >= 15 is 0 Å².